The summed E-state index contributed by atoms with van der Waals surface area (Å²) in [6.45, 7) is 5.76. The van der Waals surface area contributed by atoms with Crippen LogP contribution in [0.4, 0.5) is 0 Å². The summed E-state index contributed by atoms with van der Waals surface area (Å²) in [6.07, 6.45) is 1.96. The van der Waals surface area contributed by atoms with Gasteiger partial charge < -0.3 is 15.1 Å². The van der Waals surface area contributed by atoms with Crippen molar-refractivity contribution in [2.75, 3.05) is 46.7 Å². The number of pyridine rings is 2. The smallest absolute Gasteiger partial charge is 0.253 e. The average molecular weight is 508 g/mol. The molecule has 10 heteroatoms. The maximum absolute atomic E-state index is 12.8. The van der Waals surface area contributed by atoms with Gasteiger partial charge in [-0.15, -0.1) is 11.8 Å². The lowest BCUT2D eigenvalue weighted by Crippen LogP contribution is -2.27. The van der Waals surface area contributed by atoms with Gasteiger partial charge in [0.15, 0.2) is 9.84 Å². The molecule has 2 heterocycles. The predicted molar refractivity (Wildman–Crippen MR) is 138 cm³/mol. The summed E-state index contributed by atoms with van der Waals surface area (Å²) in [4.78, 5) is 26.2. The first-order chi connectivity index (χ1) is 15.9. The number of nitrogens with zero attached hydrogens (tertiary/aromatic N) is 4. The summed E-state index contributed by atoms with van der Waals surface area (Å²) in [6, 6.07) is 7.16. The van der Waals surface area contributed by atoms with E-state index in [0.717, 1.165) is 28.6 Å². The van der Waals surface area contributed by atoms with Crippen LogP contribution in [0, 0.1) is 0 Å². The number of thioether (sulfide) groups is 1. The van der Waals surface area contributed by atoms with Crippen LogP contribution in [0.15, 0.2) is 34.2 Å². The lowest BCUT2D eigenvalue weighted by Gasteiger charge is -2.16. The standard InChI is InChI=1S/C24H37N5O3S2/c1-17(2)19-10-9-18(20(26-19)15-28(3)4)24(30)25-13-8-14-33-23-12-11-22(34(7,31)32)21(27-23)16-29(5)6/h9-12,17H,8,13-16H2,1-7H3,(H,25,30). The summed E-state index contributed by atoms with van der Waals surface area (Å²) in [5, 5.41) is 3.77. The molecule has 0 spiro atoms. The number of rotatable bonds is 12. The van der Waals surface area contributed by atoms with E-state index >= 15 is 0 Å². The molecule has 34 heavy (non-hydrogen) atoms. The van der Waals surface area contributed by atoms with Crippen molar-refractivity contribution < 1.29 is 13.2 Å². The van der Waals surface area contributed by atoms with Crippen molar-refractivity contribution in [1.29, 1.82) is 0 Å². The number of amides is 1. The van der Waals surface area contributed by atoms with Crippen LogP contribution in [-0.2, 0) is 22.9 Å². The van der Waals surface area contributed by atoms with Gasteiger partial charge in [0.25, 0.3) is 5.91 Å². The molecule has 8 nitrogen and oxygen atoms in total. The van der Waals surface area contributed by atoms with Gasteiger partial charge in [-0.3, -0.25) is 9.78 Å². The molecular weight excluding hydrogens is 470 g/mol. The van der Waals surface area contributed by atoms with Gasteiger partial charge in [-0.2, -0.15) is 0 Å². The molecule has 0 aliphatic carbocycles. The summed E-state index contributed by atoms with van der Waals surface area (Å²) < 4.78 is 24.1. The third-order valence-corrected chi connectivity index (χ3v) is 7.11. The van der Waals surface area contributed by atoms with Crippen LogP contribution in [0.25, 0.3) is 0 Å². The molecule has 1 N–H and O–H groups in total. The first-order valence-electron chi connectivity index (χ1n) is 11.3. The summed E-state index contributed by atoms with van der Waals surface area (Å²) in [7, 11) is 4.35. The highest BCUT2D eigenvalue weighted by atomic mass is 32.2. The number of sulfone groups is 1. The van der Waals surface area contributed by atoms with Crippen molar-refractivity contribution in [2.45, 2.75) is 49.2 Å². The second kappa shape index (κ2) is 12.6. The Bertz CT molecular complexity index is 1090. The van der Waals surface area contributed by atoms with Crippen molar-refractivity contribution in [3.8, 4) is 0 Å². The number of carbonyl (C=O) groups excluding carboxylic acids is 1. The Hall–Kier alpha value is -2.01. The van der Waals surface area contributed by atoms with Crippen molar-refractivity contribution in [2.24, 2.45) is 0 Å². The van der Waals surface area contributed by atoms with Gasteiger partial charge >= 0.3 is 0 Å². The fourth-order valence-corrected chi connectivity index (χ4v) is 5.00. The number of carbonyl (C=O) groups is 1. The molecule has 0 saturated heterocycles. The summed E-state index contributed by atoms with van der Waals surface area (Å²) in [5.41, 5.74) is 2.92. The molecule has 2 aromatic heterocycles. The van der Waals surface area contributed by atoms with Gasteiger partial charge in [0.1, 0.15) is 0 Å². The Labute approximate surface area is 208 Å². The molecule has 2 aromatic rings. The van der Waals surface area contributed by atoms with Crippen molar-refractivity contribution >= 4 is 27.5 Å². The molecule has 0 aliphatic rings. The molecule has 0 aliphatic heterocycles. The Kier molecular flexibility index (Phi) is 10.5. The first-order valence-corrected chi connectivity index (χ1v) is 14.2. The average Bonchev–Trinajstić information content (AvgIpc) is 2.71. The number of hydrogen-bond acceptors (Lipinski definition) is 8. The SMILES string of the molecule is CC(C)c1ccc(C(=O)NCCCSc2ccc(S(C)(=O)=O)c(CN(C)C)n2)c(CN(C)C)n1. The highest BCUT2D eigenvalue weighted by Crippen LogP contribution is 2.22. The quantitative estimate of drug-likeness (QED) is 0.346. The van der Waals surface area contributed by atoms with Crippen LogP contribution in [0.3, 0.4) is 0 Å². The summed E-state index contributed by atoms with van der Waals surface area (Å²) in [5.74, 6) is 0.934. The van der Waals surface area contributed by atoms with Gasteiger partial charge in [0.2, 0.25) is 0 Å². The fraction of sp³-hybridized carbons (Fsp3) is 0.542. The number of nitrogens with one attached hydrogen (secondary N) is 1. The topological polar surface area (TPSA) is 95.5 Å². The highest BCUT2D eigenvalue weighted by Gasteiger charge is 2.17. The third-order valence-electron chi connectivity index (χ3n) is 4.93. The van der Waals surface area contributed by atoms with Gasteiger partial charge in [-0.25, -0.2) is 13.4 Å². The fourth-order valence-electron chi connectivity index (χ4n) is 3.31. The van der Waals surface area contributed by atoms with Crippen molar-refractivity contribution in [3.63, 3.8) is 0 Å². The van der Waals surface area contributed by atoms with E-state index in [1.807, 2.05) is 50.1 Å². The molecular formula is C24H37N5O3S2. The maximum atomic E-state index is 12.8. The molecule has 0 saturated carbocycles. The zero-order valence-corrected chi connectivity index (χ0v) is 22.9. The Morgan fingerprint density at radius 2 is 1.65 bits per heavy atom. The van der Waals surface area contributed by atoms with E-state index < -0.39 is 9.84 Å². The van der Waals surface area contributed by atoms with Crippen LogP contribution in [0.1, 0.15) is 53.6 Å². The molecule has 0 bridgehead atoms. The Balaban J connectivity index is 1.96. The van der Waals surface area contributed by atoms with Gasteiger partial charge in [-0.1, -0.05) is 13.8 Å². The third kappa shape index (κ3) is 8.65. The number of hydrogen-bond donors (Lipinski definition) is 1. The van der Waals surface area contributed by atoms with Gasteiger partial charge in [0.05, 0.1) is 26.9 Å². The first kappa shape index (κ1) is 28.2. The van der Waals surface area contributed by atoms with E-state index in [-0.39, 0.29) is 10.8 Å². The molecule has 0 atom stereocenters. The van der Waals surface area contributed by atoms with Gasteiger partial charge in [-0.05, 0) is 64.8 Å². The van der Waals surface area contributed by atoms with Gasteiger partial charge in [0, 0.05) is 37.3 Å². The zero-order valence-electron chi connectivity index (χ0n) is 21.3. The minimum atomic E-state index is -3.33. The molecule has 0 unspecified atom stereocenters. The molecule has 0 fully saturated rings. The van der Waals surface area contributed by atoms with Crippen molar-refractivity contribution in [3.05, 3.63) is 46.9 Å². The van der Waals surface area contributed by atoms with E-state index in [1.165, 1.54) is 6.26 Å². The van der Waals surface area contributed by atoms with E-state index in [1.54, 1.807) is 23.9 Å². The molecule has 0 radical (unpaired) electrons. The Morgan fingerprint density at radius 1 is 1.00 bits per heavy atom. The van der Waals surface area contributed by atoms with E-state index in [0.29, 0.717) is 36.8 Å². The van der Waals surface area contributed by atoms with Crippen LogP contribution < -0.4 is 5.32 Å². The minimum absolute atomic E-state index is 0.117. The highest BCUT2D eigenvalue weighted by molar-refractivity contribution is 7.99. The molecule has 2 rings (SSSR count). The monoisotopic (exact) mass is 507 g/mol. The van der Waals surface area contributed by atoms with Crippen LogP contribution in [0.5, 0.6) is 0 Å². The zero-order chi connectivity index (χ0) is 25.5. The largest absolute Gasteiger partial charge is 0.352 e. The molecule has 0 aromatic carbocycles. The van der Waals surface area contributed by atoms with Crippen LogP contribution in [0.2, 0.25) is 0 Å². The van der Waals surface area contributed by atoms with E-state index in [9.17, 15) is 13.2 Å². The lowest BCUT2D eigenvalue weighted by molar-refractivity contribution is 0.0951. The van der Waals surface area contributed by atoms with Crippen LogP contribution in [-0.4, -0.2) is 80.8 Å². The second-order valence-corrected chi connectivity index (χ2v) is 12.3. The van der Waals surface area contributed by atoms with E-state index in [2.05, 4.69) is 24.1 Å². The molecule has 1 amide bonds. The van der Waals surface area contributed by atoms with Crippen LogP contribution >= 0.6 is 11.8 Å². The summed E-state index contributed by atoms with van der Waals surface area (Å²) >= 11 is 1.55. The second-order valence-electron chi connectivity index (χ2n) is 9.19. The van der Waals surface area contributed by atoms with E-state index in [4.69, 9.17) is 4.98 Å². The normalized spacial score (nSPS) is 12.1. The maximum Gasteiger partial charge on any atom is 0.253 e. The predicted octanol–water partition coefficient (Wildman–Crippen LogP) is 3.04. The minimum Gasteiger partial charge on any atom is -0.352 e. The van der Waals surface area contributed by atoms with Crippen molar-refractivity contribution in [1.82, 2.24) is 25.1 Å². The number of aromatic nitrogens is 2. The lowest BCUT2D eigenvalue weighted by atomic mass is 10.1. The Morgan fingerprint density at radius 3 is 2.24 bits per heavy atom. The molecule has 188 valence electrons.